The summed E-state index contributed by atoms with van der Waals surface area (Å²) in [7, 11) is 0. The van der Waals surface area contributed by atoms with E-state index in [1.54, 1.807) is 15.8 Å². The van der Waals surface area contributed by atoms with E-state index in [-0.39, 0.29) is 23.8 Å². The van der Waals surface area contributed by atoms with E-state index in [0.717, 1.165) is 18.6 Å². The topological polar surface area (TPSA) is 65.8 Å². The van der Waals surface area contributed by atoms with E-state index < -0.39 is 11.2 Å². The molecule has 0 bridgehead atoms. The minimum absolute atomic E-state index is 0.0533. The van der Waals surface area contributed by atoms with Gasteiger partial charge in [-0.1, -0.05) is 42.5 Å². The maximum absolute atomic E-state index is 13.2. The maximum Gasteiger partial charge on any atom is 0.278 e. The van der Waals surface area contributed by atoms with Crippen LogP contribution in [0.25, 0.3) is 0 Å². The van der Waals surface area contributed by atoms with E-state index in [9.17, 15) is 14.7 Å². The van der Waals surface area contributed by atoms with Gasteiger partial charge in [0, 0.05) is 29.5 Å². The van der Waals surface area contributed by atoms with Crippen LogP contribution in [0.15, 0.2) is 70.5 Å². The van der Waals surface area contributed by atoms with Gasteiger partial charge in [-0.15, -0.1) is 11.8 Å². The number of nitrogens with zero attached hydrogens (tertiary/aromatic N) is 3. The first-order valence-electron chi connectivity index (χ1n) is 10.5. The second kappa shape index (κ2) is 6.92. The number of carbonyl (C=O) groups is 1. The molecule has 0 radical (unpaired) electrons. The van der Waals surface area contributed by atoms with Gasteiger partial charge in [-0.25, -0.2) is 0 Å². The Kier molecular flexibility index (Phi) is 4.14. The molecule has 1 unspecified atom stereocenters. The Hall–Kier alpha value is -3.19. The Morgan fingerprint density at radius 1 is 0.968 bits per heavy atom. The van der Waals surface area contributed by atoms with Crippen molar-refractivity contribution in [3.63, 3.8) is 0 Å². The van der Waals surface area contributed by atoms with Gasteiger partial charge >= 0.3 is 0 Å². The molecule has 3 aliphatic heterocycles. The second-order valence-corrected chi connectivity index (χ2v) is 9.17. The smallest absolute Gasteiger partial charge is 0.278 e. The minimum Gasteiger partial charge on any atom is -0.502 e. The Morgan fingerprint density at radius 2 is 1.74 bits per heavy atom. The molecule has 3 aromatic rings. The predicted octanol–water partition coefficient (Wildman–Crippen LogP) is 3.46. The van der Waals surface area contributed by atoms with Crippen molar-refractivity contribution in [1.29, 1.82) is 0 Å². The van der Waals surface area contributed by atoms with E-state index in [4.69, 9.17) is 0 Å². The van der Waals surface area contributed by atoms with Gasteiger partial charge in [0.05, 0.1) is 6.04 Å². The third-order valence-corrected chi connectivity index (χ3v) is 7.64. The first-order chi connectivity index (χ1) is 15.1. The number of carbonyl (C=O) groups excluding carboxylic acids is 1. The minimum atomic E-state index is -0.533. The quantitative estimate of drug-likeness (QED) is 0.639. The van der Waals surface area contributed by atoms with E-state index in [2.05, 4.69) is 47.5 Å². The Bertz CT molecular complexity index is 1220. The molecule has 0 aliphatic carbocycles. The number of hydrogen-bond acceptors (Lipinski definition) is 5. The number of pyridine rings is 1. The summed E-state index contributed by atoms with van der Waals surface area (Å²) in [6.07, 6.45) is 3.22. The van der Waals surface area contributed by atoms with Crippen LogP contribution >= 0.6 is 11.8 Å². The second-order valence-electron chi connectivity index (χ2n) is 8.15. The zero-order valence-corrected chi connectivity index (χ0v) is 17.6. The number of thioether (sulfide) groups is 1. The van der Waals surface area contributed by atoms with E-state index in [1.165, 1.54) is 27.7 Å². The van der Waals surface area contributed by atoms with Gasteiger partial charge in [0.15, 0.2) is 11.4 Å². The average Bonchev–Trinajstić information content (AvgIpc) is 3.22. The first kappa shape index (κ1) is 18.6. The van der Waals surface area contributed by atoms with Gasteiger partial charge in [0.1, 0.15) is 6.17 Å². The van der Waals surface area contributed by atoms with Gasteiger partial charge in [-0.05, 0) is 35.6 Å². The highest BCUT2D eigenvalue weighted by Gasteiger charge is 2.46. The zero-order chi connectivity index (χ0) is 21.1. The highest BCUT2D eigenvalue weighted by Crippen LogP contribution is 2.45. The molecular formula is C24H21N3O3S. The molecule has 156 valence electrons. The van der Waals surface area contributed by atoms with Crippen LogP contribution in [0.5, 0.6) is 5.75 Å². The number of hydrogen-bond donors (Lipinski definition) is 1. The molecule has 0 spiro atoms. The molecule has 0 saturated carbocycles. The third kappa shape index (κ3) is 2.66. The van der Waals surface area contributed by atoms with Gasteiger partial charge in [0.25, 0.3) is 5.91 Å². The molecule has 1 aromatic heterocycles. The number of fused-ring (bicyclic) bond motifs is 4. The maximum atomic E-state index is 13.2. The van der Waals surface area contributed by atoms with Crippen molar-refractivity contribution >= 4 is 17.7 Å². The molecule has 3 aliphatic rings. The lowest BCUT2D eigenvalue weighted by molar-refractivity contribution is 0.0634. The SMILES string of the molecule is O=C1c2c(O)c(=O)ccn2N(C2c3ccccc3CSc3ccccc32)[C@@H]2CCCN12. The van der Waals surface area contributed by atoms with Crippen LogP contribution in [-0.4, -0.2) is 33.3 Å². The normalized spacial score (nSPS) is 21.7. The molecule has 1 fully saturated rings. The highest BCUT2D eigenvalue weighted by molar-refractivity contribution is 7.98. The number of aromatic hydroxyl groups is 1. The Morgan fingerprint density at radius 3 is 2.61 bits per heavy atom. The molecule has 1 amide bonds. The summed E-state index contributed by atoms with van der Waals surface area (Å²) in [5, 5.41) is 12.8. The van der Waals surface area contributed by atoms with Crippen molar-refractivity contribution in [1.82, 2.24) is 9.58 Å². The van der Waals surface area contributed by atoms with Crippen LogP contribution in [0.1, 0.15) is 46.1 Å². The highest BCUT2D eigenvalue weighted by atomic mass is 32.2. The molecular weight excluding hydrogens is 410 g/mol. The van der Waals surface area contributed by atoms with Crippen LogP contribution in [0.4, 0.5) is 0 Å². The standard InChI is InChI=1S/C24H21N3O3S/c28-18-11-13-26-22(23(18)29)24(30)25-12-5-10-20(25)27(26)21-16-7-2-1-6-15(16)14-31-19-9-4-3-8-17(19)21/h1-4,6-9,11,13,20-21,29H,5,10,12,14H2/t20-,21?/m1/s1. The van der Waals surface area contributed by atoms with Crippen LogP contribution in [0, 0.1) is 0 Å². The fourth-order valence-corrected chi connectivity index (χ4v) is 6.22. The molecule has 2 aromatic carbocycles. The molecule has 6 nitrogen and oxygen atoms in total. The van der Waals surface area contributed by atoms with E-state index >= 15 is 0 Å². The van der Waals surface area contributed by atoms with Crippen LogP contribution in [0.2, 0.25) is 0 Å². The monoisotopic (exact) mass is 431 g/mol. The number of aromatic nitrogens is 1. The number of amides is 1. The summed E-state index contributed by atoms with van der Waals surface area (Å²) in [6, 6.07) is 18.0. The molecule has 2 atom stereocenters. The molecule has 7 heteroatoms. The van der Waals surface area contributed by atoms with Crippen molar-refractivity contribution in [3.8, 4) is 5.75 Å². The summed E-state index contributed by atoms with van der Waals surface area (Å²) in [5.41, 5.74) is 3.13. The number of benzene rings is 2. The summed E-state index contributed by atoms with van der Waals surface area (Å²) in [4.78, 5) is 28.5. The lowest BCUT2D eigenvalue weighted by Crippen LogP contribution is -2.60. The Balaban J connectivity index is 1.66. The van der Waals surface area contributed by atoms with Crippen LogP contribution < -0.4 is 10.4 Å². The van der Waals surface area contributed by atoms with Gasteiger partial charge in [-0.3, -0.25) is 19.3 Å². The van der Waals surface area contributed by atoms with Crippen LogP contribution in [0.3, 0.4) is 0 Å². The zero-order valence-electron chi connectivity index (χ0n) is 16.8. The largest absolute Gasteiger partial charge is 0.502 e. The summed E-state index contributed by atoms with van der Waals surface area (Å²) >= 11 is 1.82. The predicted molar refractivity (Wildman–Crippen MR) is 119 cm³/mol. The van der Waals surface area contributed by atoms with E-state index in [1.807, 2.05) is 17.8 Å². The molecule has 6 rings (SSSR count). The first-order valence-corrected chi connectivity index (χ1v) is 11.5. The van der Waals surface area contributed by atoms with Gasteiger partial charge < -0.3 is 10.0 Å². The summed E-state index contributed by atoms with van der Waals surface area (Å²) < 4.78 is 1.72. The van der Waals surface area contributed by atoms with Gasteiger partial charge in [-0.2, -0.15) is 0 Å². The van der Waals surface area contributed by atoms with Gasteiger partial charge in [0.2, 0.25) is 5.43 Å². The lowest BCUT2D eigenvalue weighted by atomic mass is 9.93. The summed E-state index contributed by atoms with van der Waals surface area (Å²) in [6.45, 7) is 0.618. The fraction of sp³-hybridized carbons (Fsp3) is 0.250. The van der Waals surface area contributed by atoms with Crippen LogP contribution in [-0.2, 0) is 5.75 Å². The van der Waals surface area contributed by atoms with E-state index in [0.29, 0.717) is 6.54 Å². The van der Waals surface area contributed by atoms with Crippen molar-refractivity contribution in [2.24, 2.45) is 0 Å². The molecule has 4 heterocycles. The Labute approximate surface area is 183 Å². The number of rotatable bonds is 1. The molecule has 31 heavy (non-hydrogen) atoms. The van der Waals surface area contributed by atoms with Crippen molar-refractivity contribution < 1.29 is 9.90 Å². The molecule has 1 N–H and O–H groups in total. The lowest BCUT2D eigenvalue weighted by Gasteiger charge is -2.47. The average molecular weight is 432 g/mol. The summed E-state index contributed by atoms with van der Waals surface area (Å²) in [5.74, 6) is 0.110. The third-order valence-electron chi connectivity index (χ3n) is 6.50. The molecule has 1 saturated heterocycles. The van der Waals surface area contributed by atoms with Crippen molar-refractivity contribution in [2.75, 3.05) is 11.6 Å². The fourth-order valence-electron chi connectivity index (χ4n) is 5.12. The van der Waals surface area contributed by atoms with Crippen molar-refractivity contribution in [2.45, 2.75) is 35.7 Å². The van der Waals surface area contributed by atoms with Crippen molar-refractivity contribution in [3.05, 3.63) is 93.4 Å².